The second kappa shape index (κ2) is 74.5. The van der Waals surface area contributed by atoms with Gasteiger partial charge in [-0.05, 0) is 77.0 Å². The molecule has 0 aliphatic carbocycles. The molecule has 0 bridgehead atoms. The number of hydrogen-bond donors (Lipinski definition) is 12. The number of aliphatic hydroxyl groups is 11. The van der Waals surface area contributed by atoms with Gasteiger partial charge in [0.05, 0.1) is 38.6 Å². The van der Waals surface area contributed by atoms with Gasteiger partial charge in [-0.3, -0.25) is 4.79 Å². The number of carbonyl (C=O) groups is 1. The summed E-state index contributed by atoms with van der Waals surface area (Å²) in [5.74, 6) is -0.243. The Labute approximate surface area is 698 Å². The topological polar surface area (TPSA) is 307 Å². The molecule has 3 heterocycles. The van der Waals surface area contributed by atoms with Crippen molar-refractivity contribution >= 4 is 5.91 Å². The summed E-state index contributed by atoms with van der Waals surface area (Å²) in [6, 6.07) is -0.897. The van der Waals surface area contributed by atoms with Gasteiger partial charge >= 0.3 is 0 Å². The lowest BCUT2D eigenvalue weighted by Gasteiger charge is -2.48. The predicted octanol–water partition coefficient (Wildman–Crippen LogP) is 18.6. The molecule has 3 aliphatic rings. The first-order valence-electron chi connectivity index (χ1n) is 47.0. The second-order valence-electron chi connectivity index (χ2n) is 33.1. The molecule has 0 radical (unpaired) electrons. The number of carbonyl (C=O) groups excluding carboxylic acids is 1. The summed E-state index contributed by atoms with van der Waals surface area (Å²) in [4.78, 5) is 13.6. The van der Waals surface area contributed by atoms with E-state index in [9.17, 15) is 61.0 Å². The van der Waals surface area contributed by atoms with Crippen molar-refractivity contribution in [2.75, 3.05) is 26.4 Å². The fraction of sp³-hybridized carbons (Fsp3) is 0.823. The average molecular weight is 1630 g/mol. The molecular weight excluding hydrogens is 1460 g/mol. The van der Waals surface area contributed by atoms with Crippen LogP contribution in [-0.2, 0) is 33.2 Å². The maximum absolute atomic E-state index is 13.6. The number of allylic oxidation sites excluding steroid dienone is 16. The van der Waals surface area contributed by atoms with Crippen molar-refractivity contribution in [1.29, 1.82) is 0 Å². The number of aliphatic hydroxyl groups excluding tert-OH is 11. The summed E-state index contributed by atoms with van der Waals surface area (Å²) in [6.07, 6.45) is 76.6. The Hall–Kier alpha value is -3.29. The van der Waals surface area contributed by atoms with Crippen LogP contribution in [0.15, 0.2) is 97.2 Å². The first-order chi connectivity index (χ1) is 56.3. The van der Waals surface area contributed by atoms with E-state index in [1.54, 1.807) is 0 Å². The molecule has 1 amide bonds. The molecule has 668 valence electrons. The van der Waals surface area contributed by atoms with Crippen molar-refractivity contribution in [1.82, 2.24) is 5.32 Å². The van der Waals surface area contributed by atoms with E-state index in [1.165, 1.54) is 238 Å². The summed E-state index contributed by atoms with van der Waals surface area (Å²) in [5.41, 5.74) is 0. The normalized spacial score (nSPS) is 25.0. The van der Waals surface area contributed by atoms with E-state index < -0.39 is 124 Å². The Morgan fingerprint density at radius 3 is 0.939 bits per heavy atom. The van der Waals surface area contributed by atoms with E-state index in [0.717, 1.165) is 103 Å². The van der Waals surface area contributed by atoms with Crippen molar-refractivity contribution in [3.05, 3.63) is 97.2 Å². The summed E-state index contributed by atoms with van der Waals surface area (Å²) < 4.78 is 34.6. The number of unbranched alkanes of at least 4 members (excludes halogenated alkanes) is 44. The van der Waals surface area contributed by atoms with Crippen LogP contribution in [0.2, 0.25) is 0 Å². The zero-order chi connectivity index (χ0) is 83.1. The first kappa shape index (κ1) is 106. The average Bonchev–Trinajstić information content (AvgIpc) is 0.779. The number of amides is 1. The molecule has 19 heteroatoms. The molecule has 115 heavy (non-hydrogen) atoms. The standard InChI is InChI=1S/C96H171NO18/c1-3-5-7-9-11-13-15-17-19-21-23-25-27-29-31-33-35-37-38-39-40-42-44-46-48-50-52-54-56-58-60-62-64-66-68-70-72-74-84(102)97-79(80(101)73-71-69-67-65-63-61-59-57-55-53-51-49-47-45-43-41-36-34-32-30-28-26-24-22-20-18-16-14-12-10-8-6-4-2)78-110-94-90(108)87(105)92(82(76-99)112-94)115-96-91(109)88(106)93(83(77-100)113-96)114-95-89(107)86(104)85(103)81(75-98)111-95/h5,7,11,13,17,19,23,25,29,31,35,37,39-40,44,46,79-83,85-96,98-101,103-109H,3-4,6,8-10,12,14-16,18,20-22,24,26-28,30,32-34,36,38,41-43,45,47-78H2,1-2H3,(H,97,102)/b7-5-,13-11-,19-17-,25-23-,31-29-,37-35-,40-39-,46-44-. The maximum Gasteiger partial charge on any atom is 0.220 e. The predicted molar refractivity (Wildman–Crippen MR) is 466 cm³/mol. The Kier molecular flexibility index (Phi) is 68.6. The van der Waals surface area contributed by atoms with Crippen LogP contribution in [0.4, 0.5) is 0 Å². The maximum atomic E-state index is 13.6. The summed E-state index contributed by atoms with van der Waals surface area (Å²) in [5, 5.41) is 121. The Morgan fingerprint density at radius 1 is 0.322 bits per heavy atom. The summed E-state index contributed by atoms with van der Waals surface area (Å²) in [6.45, 7) is 1.74. The molecule has 0 spiro atoms. The minimum absolute atomic E-state index is 0.243. The van der Waals surface area contributed by atoms with E-state index in [0.29, 0.717) is 12.8 Å². The quantitative estimate of drug-likeness (QED) is 0.0199. The van der Waals surface area contributed by atoms with Crippen LogP contribution < -0.4 is 5.32 Å². The summed E-state index contributed by atoms with van der Waals surface area (Å²) >= 11 is 0. The molecule has 17 atom stereocenters. The Morgan fingerprint density at radius 2 is 0.600 bits per heavy atom. The highest BCUT2D eigenvalue weighted by Gasteiger charge is 2.54. The third-order valence-electron chi connectivity index (χ3n) is 22.9. The van der Waals surface area contributed by atoms with Gasteiger partial charge in [0, 0.05) is 6.42 Å². The SMILES string of the molecule is CC/C=C\C/C=C\C/C=C\C/C=C\C/C=C\C/C=C\C/C=C\C/C=C\CCCCCCCCCCCCCCC(=O)NC(COC1OC(CO)C(OC2OC(CO)C(OC3OC(CO)C(O)C(O)C3O)C(O)C2O)C(O)C1O)C(O)CCCCCCCCCCCCCCCCCCCCCCCCCCCCCCCCCCC. The lowest BCUT2D eigenvalue weighted by molar-refractivity contribution is -0.379. The van der Waals surface area contributed by atoms with Gasteiger partial charge in [0.2, 0.25) is 5.91 Å². The highest BCUT2D eigenvalue weighted by Crippen LogP contribution is 2.34. The van der Waals surface area contributed by atoms with Gasteiger partial charge < -0.3 is 89.9 Å². The Bertz CT molecular complexity index is 2450. The number of rotatable bonds is 76. The highest BCUT2D eigenvalue weighted by atomic mass is 16.8. The van der Waals surface area contributed by atoms with Gasteiger partial charge in [-0.1, -0.05) is 387 Å². The molecule has 17 unspecified atom stereocenters. The number of hydrogen-bond acceptors (Lipinski definition) is 18. The Balaban J connectivity index is 1.31. The fourth-order valence-electron chi connectivity index (χ4n) is 15.5. The monoisotopic (exact) mass is 1630 g/mol. The molecule has 0 aromatic carbocycles. The number of nitrogens with one attached hydrogen (secondary N) is 1. The lowest BCUT2D eigenvalue weighted by atomic mass is 9.96. The third-order valence-corrected chi connectivity index (χ3v) is 22.9. The van der Waals surface area contributed by atoms with Gasteiger partial charge in [-0.2, -0.15) is 0 Å². The lowest BCUT2D eigenvalue weighted by Crippen LogP contribution is -2.66. The molecule has 3 fully saturated rings. The van der Waals surface area contributed by atoms with E-state index >= 15 is 0 Å². The third kappa shape index (κ3) is 52.6. The van der Waals surface area contributed by atoms with Crippen LogP contribution in [0.3, 0.4) is 0 Å². The minimum atomic E-state index is -1.98. The minimum Gasteiger partial charge on any atom is -0.394 e. The second-order valence-corrected chi connectivity index (χ2v) is 33.1. The van der Waals surface area contributed by atoms with Crippen LogP contribution in [0.25, 0.3) is 0 Å². The molecule has 0 aromatic heterocycles. The molecule has 3 aliphatic heterocycles. The van der Waals surface area contributed by atoms with Gasteiger partial charge in [-0.15, -0.1) is 0 Å². The molecule has 12 N–H and O–H groups in total. The molecule has 19 nitrogen and oxygen atoms in total. The van der Waals surface area contributed by atoms with Crippen molar-refractivity contribution in [3.8, 4) is 0 Å². The zero-order valence-electron chi connectivity index (χ0n) is 72.3. The van der Waals surface area contributed by atoms with Crippen LogP contribution in [0.1, 0.15) is 373 Å². The molecule has 3 saturated heterocycles. The van der Waals surface area contributed by atoms with Gasteiger partial charge in [0.25, 0.3) is 0 Å². The van der Waals surface area contributed by atoms with Crippen LogP contribution in [0.5, 0.6) is 0 Å². The van der Waals surface area contributed by atoms with Crippen LogP contribution in [0, 0.1) is 0 Å². The van der Waals surface area contributed by atoms with E-state index in [2.05, 4.69) is 116 Å². The van der Waals surface area contributed by atoms with E-state index in [1.807, 2.05) is 0 Å². The van der Waals surface area contributed by atoms with E-state index in [-0.39, 0.29) is 18.9 Å². The van der Waals surface area contributed by atoms with Crippen molar-refractivity contribution < 1.29 is 89.4 Å². The van der Waals surface area contributed by atoms with Crippen molar-refractivity contribution in [2.24, 2.45) is 0 Å². The number of ether oxygens (including phenoxy) is 6. The largest absolute Gasteiger partial charge is 0.394 e. The zero-order valence-corrected chi connectivity index (χ0v) is 72.3. The summed E-state index contributed by atoms with van der Waals surface area (Å²) in [7, 11) is 0. The smallest absolute Gasteiger partial charge is 0.220 e. The molecular formula is C96H171NO18. The first-order valence-corrected chi connectivity index (χ1v) is 47.0. The van der Waals surface area contributed by atoms with Gasteiger partial charge in [0.15, 0.2) is 18.9 Å². The van der Waals surface area contributed by atoms with Gasteiger partial charge in [-0.25, -0.2) is 0 Å². The fourth-order valence-corrected chi connectivity index (χ4v) is 15.5. The molecule has 3 rings (SSSR count). The molecule has 0 aromatic rings. The van der Waals surface area contributed by atoms with Crippen LogP contribution in [-0.4, -0.2) is 193 Å². The van der Waals surface area contributed by atoms with E-state index in [4.69, 9.17) is 28.4 Å². The van der Waals surface area contributed by atoms with Crippen LogP contribution >= 0.6 is 0 Å². The molecule has 0 saturated carbocycles. The van der Waals surface area contributed by atoms with Crippen molar-refractivity contribution in [2.45, 2.75) is 478 Å². The van der Waals surface area contributed by atoms with Gasteiger partial charge in [0.1, 0.15) is 73.2 Å². The highest BCUT2D eigenvalue weighted by molar-refractivity contribution is 5.76. The van der Waals surface area contributed by atoms with Crippen molar-refractivity contribution in [3.63, 3.8) is 0 Å².